The lowest BCUT2D eigenvalue weighted by atomic mass is 10.0. The van der Waals surface area contributed by atoms with Crippen molar-refractivity contribution in [3.63, 3.8) is 0 Å². The molecule has 2 aromatic carbocycles. The van der Waals surface area contributed by atoms with E-state index in [2.05, 4.69) is 43.2 Å². The Labute approximate surface area is 180 Å². The Morgan fingerprint density at radius 1 is 1.10 bits per heavy atom. The minimum absolute atomic E-state index is 0.0200. The minimum atomic E-state index is -0.0200. The first-order chi connectivity index (χ1) is 14.7. The molecule has 0 radical (unpaired) electrons. The SMILES string of the molecule is O=C(NC1CCN(C2CC(c3ccc(Cl)cc3)NN2)CC1)c1ccc2nc[nH]c2c1. The highest BCUT2D eigenvalue weighted by Gasteiger charge is 2.32. The molecule has 7 nitrogen and oxygen atoms in total. The van der Waals surface area contributed by atoms with Crippen LogP contribution in [0.2, 0.25) is 5.02 Å². The number of carbonyl (C=O) groups is 1. The number of hydrogen-bond acceptors (Lipinski definition) is 5. The van der Waals surface area contributed by atoms with E-state index in [4.69, 9.17) is 11.6 Å². The molecule has 4 N–H and O–H groups in total. The number of benzene rings is 2. The molecule has 5 rings (SSSR count). The maximum absolute atomic E-state index is 12.6. The molecule has 1 amide bonds. The minimum Gasteiger partial charge on any atom is -0.349 e. The lowest BCUT2D eigenvalue weighted by Gasteiger charge is -2.35. The number of fused-ring (bicyclic) bond motifs is 1. The first-order valence-electron chi connectivity index (χ1n) is 10.4. The molecule has 156 valence electrons. The van der Waals surface area contributed by atoms with Gasteiger partial charge < -0.3 is 10.3 Å². The number of amides is 1. The lowest BCUT2D eigenvalue weighted by Crippen LogP contribution is -2.51. The van der Waals surface area contributed by atoms with Gasteiger partial charge in [0.2, 0.25) is 0 Å². The van der Waals surface area contributed by atoms with E-state index in [1.165, 1.54) is 5.56 Å². The molecule has 0 bridgehead atoms. The number of halogens is 1. The Morgan fingerprint density at radius 2 is 1.90 bits per heavy atom. The molecule has 3 aromatic rings. The summed E-state index contributed by atoms with van der Waals surface area (Å²) in [4.78, 5) is 22.4. The predicted molar refractivity (Wildman–Crippen MR) is 117 cm³/mol. The Kier molecular flexibility index (Phi) is 5.43. The standard InChI is InChI=1S/C22H25ClN6O/c23-16-4-1-14(2-5-16)19-12-21(28-27-19)29-9-7-17(8-10-29)26-22(30)15-3-6-18-20(11-15)25-13-24-18/h1-6,11,13,17,19,21,27-28H,7-10,12H2,(H,24,25)(H,26,30). The van der Waals surface area contributed by atoms with Crippen LogP contribution in [-0.2, 0) is 0 Å². The summed E-state index contributed by atoms with van der Waals surface area (Å²) in [6.07, 6.45) is 4.84. The number of aromatic nitrogens is 2. The zero-order chi connectivity index (χ0) is 20.5. The Morgan fingerprint density at radius 3 is 2.70 bits per heavy atom. The second-order valence-electron chi connectivity index (χ2n) is 8.06. The molecular weight excluding hydrogens is 400 g/mol. The van der Waals surface area contributed by atoms with Crippen molar-refractivity contribution in [3.8, 4) is 0 Å². The normalized spacial score (nSPS) is 23.1. The van der Waals surface area contributed by atoms with Crippen molar-refractivity contribution < 1.29 is 4.79 Å². The number of likely N-dealkylation sites (tertiary alicyclic amines) is 1. The van der Waals surface area contributed by atoms with Gasteiger partial charge in [0.15, 0.2) is 0 Å². The highest BCUT2D eigenvalue weighted by atomic mass is 35.5. The Bertz CT molecular complexity index is 1030. The van der Waals surface area contributed by atoms with Gasteiger partial charge in [0.05, 0.1) is 23.5 Å². The van der Waals surface area contributed by atoms with Gasteiger partial charge in [-0.15, -0.1) is 0 Å². The number of nitrogens with zero attached hydrogens (tertiary/aromatic N) is 2. The molecule has 2 aliphatic rings. The van der Waals surface area contributed by atoms with Gasteiger partial charge in [-0.1, -0.05) is 23.7 Å². The van der Waals surface area contributed by atoms with Crippen molar-refractivity contribution in [2.24, 2.45) is 0 Å². The summed E-state index contributed by atoms with van der Waals surface area (Å²) in [5.41, 5.74) is 10.5. The van der Waals surface area contributed by atoms with Crippen molar-refractivity contribution in [1.82, 2.24) is 31.0 Å². The largest absolute Gasteiger partial charge is 0.349 e. The Balaban J connectivity index is 1.13. The molecule has 8 heteroatoms. The number of hydrazine groups is 1. The molecule has 1 aromatic heterocycles. The van der Waals surface area contributed by atoms with Gasteiger partial charge in [0.25, 0.3) is 5.91 Å². The summed E-state index contributed by atoms with van der Waals surface area (Å²) < 4.78 is 0. The molecular formula is C22H25ClN6O. The van der Waals surface area contributed by atoms with Crippen LogP contribution in [0.15, 0.2) is 48.8 Å². The van der Waals surface area contributed by atoms with E-state index >= 15 is 0 Å². The zero-order valence-electron chi connectivity index (χ0n) is 16.6. The number of hydrogen-bond donors (Lipinski definition) is 4. The van der Waals surface area contributed by atoms with Crippen molar-refractivity contribution in [3.05, 3.63) is 64.9 Å². The van der Waals surface area contributed by atoms with Crippen molar-refractivity contribution in [1.29, 1.82) is 0 Å². The average molecular weight is 425 g/mol. The van der Waals surface area contributed by atoms with Crippen LogP contribution in [0, 0.1) is 0 Å². The van der Waals surface area contributed by atoms with Crippen LogP contribution in [0.5, 0.6) is 0 Å². The first kappa shape index (κ1) is 19.5. The third kappa shape index (κ3) is 4.06. The summed E-state index contributed by atoms with van der Waals surface area (Å²) in [7, 11) is 0. The number of aromatic amines is 1. The average Bonchev–Trinajstić information content (AvgIpc) is 3.44. The summed E-state index contributed by atoms with van der Waals surface area (Å²) in [6, 6.07) is 14.1. The van der Waals surface area contributed by atoms with Gasteiger partial charge >= 0.3 is 0 Å². The van der Waals surface area contributed by atoms with Gasteiger partial charge in [-0.05, 0) is 55.2 Å². The highest BCUT2D eigenvalue weighted by Crippen LogP contribution is 2.26. The molecule has 0 saturated carbocycles. The van der Waals surface area contributed by atoms with Crippen LogP contribution < -0.4 is 16.2 Å². The van der Waals surface area contributed by atoms with Crippen LogP contribution in [0.4, 0.5) is 0 Å². The smallest absolute Gasteiger partial charge is 0.251 e. The van der Waals surface area contributed by atoms with Crippen molar-refractivity contribution >= 4 is 28.5 Å². The van der Waals surface area contributed by atoms with Gasteiger partial charge in [0.1, 0.15) is 0 Å². The quantitative estimate of drug-likeness (QED) is 0.517. The van der Waals surface area contributed by atoms with Crippen LogP contribution in [0.25, 0.3) is 11.0 Å². The molecule has 2 saturated heterocycles. The van der Waals surface area contributed by atoms with Gasteiger partial charge in [-0.2, -0.15) is 0 Å². The topological polar surface area (TPSA) is 85.1 Å². The highest BCUT2D eigenvalue weighted by molar-refractivity contribution is 6.30. The second-order valence-corrected chi connectivity index (χ2v) is 8.50. The number of H-pyrrole nitrogens is 1. The molecule has 30 heavy (non-hydrogen) atoms. The van der Waals surface area contributed by atoms with Crippen molar-refractivity contribution in [2.45, 2.75) is 37.5 Å². The maximum Gasteiger partial charge on any atom is 0.251 e. The first-order valence-corrected chi connectivity index (χ1v) is 10.8. The van der Waals surface area contributed by atoms with Gasteiger partial charge in [-0.25, -0.2) is 15.8 Å². The third-order valence-electron chi connectivity index (χ3n) is 6.14. The summed E-state index contributed by atoms with van der Waals surface area (Å²) in [5, 5.41) is 3.95. The fourth-order valence-corrected chi connectivity index (χ4v) is 4.52. The van der Waals surface area contributed by atoms with E-state index in [1.54, 1.807) is 6.33 Å². The summed E-state index contributed by atoms with van der Waals surface area (Å²) >= 11 is 6.00. The second kappa shape index (κ2) is 8.35. The fourth-order valence-electron chi connectivity index (χ4n) is 4.39. The number of rotatable bonds is 4. The van der Waals surface area contributed by atoms with E-state index in [0.29, 0.717) is 11.7 Å². The molecule has 2 aliphatic heterocycles. The molecule has 2 fully saturated rings. The van der Waals surface area contributed by atoms with Gasteiger partial charge in [0, 0.05) is 35.8 Å². The van der Waals surface area contributed by atoms with E-state index in [-0.39, 0.29) is 18.0 Å². The van der Waals surface area contributed by atoms with Crippen molar-refractivity contribution in [2.75, 3.05) is 13.1 Å². The number of piperidine rings is 1. The number of imidazole rings is 1. The third-order valence-corrected chi connectivity index (χ3v) is 6.40. The number of nitrogens with one attached hydrogen (secondary N) is 4. The lowest BCUT2D eigenvalue weighted by molar-refractivity contribution is 0.0880. The van der Waals surface area contributed by atoms with E-state index < -0.39 is 0 Å². The molecule has 2 atom stereocenters. The van der Waals surface area contributed by atoms with Crippen LogP contribution in [-0.4, -0.2) is 46.1 Å². The maximum atomic E-state index is 12.6. The van der Waals surface area contributed by atoms with E-state index in [1.807, 2.05) is 30.3 Å². The molecule has 2 unspecified atom stereocenters. The Hall–Kier alpha value is -2.45. The monoisotopic (exact) mass is 424 g/mol. The zero-order valence-corrected chi connectivity index (χ0v) is 17.3. The van der Waals surface area contributed by atoms with E-state index in [9.17, 15) is 4.79 Å². The molecule has 0 spiro atoms. The van der Waals surface area contributed by atoms with Crippen LogP contribution >= 0.6 is 11.6 Å². The van der Waals surface area contributed by atoms with Crippen LogP contribution in [0.1, 0.15) is 41.2 Å². The molecule has 3 heterocycles. The predicted octanol–water partition coefficient (Wildman–Crippen LogP) is 2.98. The van der Waals surface area contributed by atoms with Crippen LogP contribution in [0.3, 0.4) is 0 Å². The van der Waals surface area contributed by atoms with E-state index in [0.717, 1.165) is 48.4 Å². The summed E-state index contributed by atoms with van der Waals surface area (Å²) in [5.74, 6) is -0.0200. The summed E-state index contributed by atoms with van der Waals surface area (Å²) in [6.45, 7) is 1.91. The molecule has 0 aliphatic carbocycles. The number of carbonyl (C=O) groups excluding carboxylic acids is 1. The van der Waals surface area contributed by atoms with Gasteiger partial charge in [-0.3, -0.25) is 9.69 Å². The fraction of sp³-hybridized carbons (Fsp3) is 0.364.